The molecule has 0 fully saturated rings. The van der Waals surface area contributed by atoms with E-state index in [-0.39, 0.29) is 86.8 Å². The molecule has 0 aliphatic carbocycles. The van der Waals surface area contributed by atoms with Crippen molar-refractivity contribution < 1.29 is 62.0 Å². The first-order valence-electron chi connectivity index (χ1n) is 0. The molecule has 1 radical (unpaired) electrons. The van der Waals surface area contributed by atoms with Crippen LogP contribution in [-0.2, 0) is 62.0 Å². The van der Waals surface area contributed by atoms with Gasteiger partial charge < -0.3 is 0 Å². The van der Waals surface area contributed by atoms with Crippen molar-refractivity contribution in [2.75, 3.05) is 0 Å². The van der Waals surface area contributed by atoms with Crippen molar-refractivity contribution >= 4 is 17.4 Å². The van der Waals surface area contributed by atoms with Crippen LogP contribution >= 0.6 is 0 Å². The number of hydrogen-bond acceptors (Lipinski definition) is 0. The van der Waals surface area contributed by atoms with Crippen LogP contribution in [0.5, 0.6) is 0 Å². The maximum absolute atomic E-state index is 0. The maximum Gasteiger partial charge on any atom is 0.187 e. The van der Waals surface area contributed by atoms with Crippen LogP contribution in [-0.4, -0.2) is 17.4 Å². The molecular weight excluding hydrogens is 186 g/mol. The normalized spacial score (nSPS) is 0. The Morgan fingerprint density at radius 1 is 0.800 bits per heavy atom. The van der Waals surface area contributed by atoms with Gasteiger partial charge in [0.2, 0.25) is 0 Å². The third-order valence-corrected chi connectivity index (χ3v) is 0. The smallest absolute Gasteiger partial charge is 0.0776 e. The summed E-state index contributed by atoms with van der Waals surface area (Å²) in [4.78, 5) is 0. The van der Waals surface area contributed by atoms with Crippen molar-refractivity contribution in [2.24, 2.45) is 0 Å². The van der Waals surface area contributed by atoms with E-state index < -0.39 is 0 Å². The van der Waals surface area contributed by atoms with Crippen molar-refractivity contribution in [3.05, 3.63) is 0 Å². The Balaban J connectivity index is 0. The Hall–Kier alpha value is 2.55. The van der Waals surface area contributed by atoms with E-state index in [4.69, 9.17) is 0 Å². The molecule has 0 nitrogen and oxygen atoms in total. The Morgan fingerprint density at radius 3 is 0.800 bits per heavy atom. The molecule has 0 rings (SSSR count). The van der Waals surface area contributed by atoms with E-state index in [0.29, 0.717) is 0 Å². The SMILES string of the molecule is C.[AlH3].[Ti].[Ti].[V]. The molecule has 0 aliphatic rings. The predicted octanol–water partition coefficient (Wildman–Crippen LogP) is -0.555. The van der Waals surface area contributed by atoms with Crippen LogP contribution in [0.15, 0.2) is 0 Å². The first-order chi connectivity index (χ1) is 0. The summed E-state index contributed by atoms with van der Waals surface area (Å²) in [5.41, 5.74) is 0. The molecule has 0 saturated carbocycles. The first kappa shape index (κ1) is 49.9. The van der Waals surface area contributed by atoms with Gasteiger partial charge in [0, 0.05) is 62.0 Å². The van der Waals surface area contributed by atoms with E-state index >= 15 is 0 Å². The van der Waals surface area contributed by atoms with Gasteiger partial charge in [-0.1, -0.05) is 7.43 Å². The van der Waals surface area contributed by atoms with Gasteiger partial charge in [0.25, 0.3) is 0 Å². The third kappa shape index (κ3) is 20.9. The summed E-state index contributed by atoms with van der Waals surface area (Å²) in [5.74, 6) is 0. The molecule has 0 saturated heterocycles. The summed E-state index contributed by atoms with van der Waals surface area (Å²) >= 11 is 0. The van der Waals surface area contributed by atoms with Gasteiger partial charge in [-0.15, -0.1) is 0 Å². The second kappa shape index (κ2) is 31.1. The summed E-state index contributed by atoms with van der Waals surface area (Å²) in [6.07, 6.45) is 0. The van der Waals surface area contributed by atoms with Gasteiger partial charge in [0.05, 0.1) is 0 Å². The molecule has 27 valence electrons. The topological polar surface area (TPSA) is 0 Å². The van der Waals surface area contributed by atoms with Crippen molar-refractivity contribution in [2.45, 2.75) is 7.43 Å². The Morgan fingerprint density at radius 2 is 0.800 bits per heavy atom. The van der Waals surface area contributed by atoms with Gasteiger partial charge >= 0.3 is 0 Å². The van der Waals surface area contributed by atoms with Gasteiger partial charge in [-0.3, -0.25) is 0 Å². The second-order valence-corrected chi connectivity index (χ2v) is 0. The zero-order valence-electron chi connectivity index (χ0n) is 1.45. The van der Waals surface area contributed by atoms with Gasteiger partial charge in [-0.25, -0.2) is 0 Å². The zero-order chi connectivity index (χ0) is 0. The maximum atomic E-state index is 0. The van der Waals surface area contributed by atoms with Crippen LogP contribution in [0.3, 0.4) is 0 Å². The summed E-state index contributed by atoms with van der Waals surface area (Å²) < 4.78 is 0. The molecule has 0 heterocycles. The minimum atomic E-state index is 0. The van der Waals surface area contributed by atoms with Gasteiger partial charge in [0.1, 0.15) is 0 Å². The van der Waals surface area contributed by atoms with Crippen molar-refractivity contribution in [1.82, 2.24) is 0 Å². The van der Waals surface area contributed by atoms with Crippen molar-refractivity contribution in [1.29, 1.82) is 0 Å². The number of hydrogen-bond donors (Lipinski definition) is 0. The second-order valence-electron chi connectivity index (χ2n) is 0. The molecule has 0 aliphatic heterocycles. The van der Waals surface area contributed by atoms with Crippen LogP contribution in [0.1, 0.15) is 7.43 Å². The van der Waals surface area contributed by atoms with Crippen LogP contribution in [0.4, 0.5) is 0 Å². The van der Waals surface area contributed by atoms with Gasteiger partial charge in [0.15, 0.2) is 17.4 Å². The summed E-state index contributed by atoms with van der Waals surface area (Å²) in [5, 5.41) is 0. The fourth-order valence-electron chi connectivity index (χ4n) is 0. The first-order valence-corrected chi connectivity index (χ1v) is 0. The molecule has 0 N–H and O–H groups in total. The monoisotopic (exact) mass is 193 g/mol. The molecule has 0 amide bonds. The molecule has 5 heavy (non-hydrogen) atoms. The Bertz CT molecular complexity index is 9.61. The van der Waals surface area contributed by atoms with Gasteiger partial charge in [-0.05, 0) is 0 Å². The summed E-state index contributed by atoms with van der Waals surface area (Å²) in [6.45, 7) is 0. The van der Waals surface area contributed by atoms with Crippen LogP contribution in [0.2, 0.25) is 0 Å². The average Bonchev–Trinajstić information content (AvgIpc) is 0. The molecular formula is CH7AlTi2V. The molecule has 0 spiro atoms. The molecule has 4 heteroatoms. The number of rotatable bonds is 0. The Labute approximate surface area is 85.6 Å². The van der Waals surface area contributed by atoms with E-state index in [1.807, 2.05) is 0 Å². The van der Waals surface area contributed by atoms with Crippen molar-refractivity contribution in [3.8, 4) is 0 Å². The minimum absolute atomic E-state index is 0. The van der Waals surface area contributed by atoms with Crippen LogP contribution in [0.25, 0.3) is 0 Å². The quantitative estimate of drug-likeness (QED) is 0.452. The predicted molar refractivity (Wildman–Crippen MR) is 16.7 cm³/mol. The van der Waals surface area contributed by atoms with E-state index in [0.717, 1.165) is 0 Å². The minimum Gasteiger partial charge on any atom is -0.0776 e. The fourth-order valence-corrected chi connectivity index (χ4v) is 0. The Kier molecular flexibility index (Phi) is 310. The molecule has 0 bridgehead atoms. The van der Waals surface area contributed by atoms with E-state index in [2.05, 4.69) is 0 Å². The molecule has 0 aromatic heterocycles. The van der Waals surface area contributed by atoms with Gasteiger partial charge in [-0.2, -0.15) is 0 Å². The van der Waals surface area contributed by atoms with Crippen LogP contribution in [0, 0.1) is 0 Å². The van der Waals surface area contributed by atoms with Crippen molar-refractivity contribution in [3.63, 3.8) is 0 Å². The molecule has 0 atom stereocenters. The zero-order valence-corrected chi connectivity index (χ0v) is 5.97. The van der Waals surface area contributed by atoms with E-state index in [1.165, 1.54) is 0 Å². The van der Waals surface area contributed by atoms with E-state index in [1.54, 1.807) is 0 Å². The summed E-state index contributed by atoms with van der Waals surface area (Å²) in [7, 11) is 0. The van der Waals surface area contributed by atoms with Crippen LogP contribution < -0.4 is 0 Å². The fraction of sp³-hybridized carbons (Fsp3) is 1.00. The molecule has 0 aromatic rings. The summed E-state index contributed by atoms with van der Waals surface area (Å²) in [6, 6.07) is 0. The standard InChI is InChI=1S/CH4.Al.2Ti.V.3H/h1H4;;;;;;;. The molecule has 0 aromatic carbocycles. The average molecular weight is 193 g/mol. The van der Waals surface area contributed by atoms with E-state index in [9.17, 15) is 0 Å². The third-order valence-electron chi connectivity index (χ3n) is 0. The largest absolute Gasteiger partial charge is 0.187 e. The molecule has 0 unspecified atom stereocenters.